The Morgan fingerprint density at radius 2 is 1.78 bits per heavy atom. The molecular formula is C19H22ClN3O3S. The molecule has 6 nitrogen and oxygen atoms in total. The summed E-state index contributed by atoms with van der Waals surface area (Å²) in [7, 11) is -3.63. The monoisotopic (exact) mass is 407 g/mol. The molecule has 0 spiro atoms. The zero-order valence-corrected chi connectivity index (χ0v) is 17.0. The van der Waals surface area contributed by atoms with Gasteiger partial charge in [0.1, 0.15) is 6.54 Å². The molecule has 0 atom stereocenters. The summed E-state index contributed by atoms with van der Waals surface area (Å²) in [5, 5.41) is 4.65. The molecule has 0 aliphatic rings. The first kappa shape index (κ1) is 20.9. The number of nitrogens with one attached hydrogen (secondary N) is 1. The molecule has 0 fully saturated rings. The van der Waals surface area contributed by atoms with Gasteiger partial charge in [0, 0.05) is 5.02 Å². The van der Waals surface area contributed by atoms with Crippen molar-refractivity contribution in [1.82, 2.24) is 5.43 Å². The predicted molar refractivity (Wildman–Crippen MR) is 110 cm³/mol. The van der Waals surface area contributed by atoms with Crippen LogP contribution in [0.15, 0.2) is 53.6 Å². The first-order valence-corrected chi connectivity index (χ1v) is 10.6. The van der Waals surface area contributed by atoms with E-state index in [9.17, 15) is 13.2 Å². The van der Waals surface area contributed by atoms with Gasteiger partial charge in [0.2, 0.25) is 10.0 Å². The average molecular weight is 408 g/mol. The van der Waals surface area contributed by atoms with E-state index in [4.69, 9.17) is 11.6 Å². The quantitative estimate of drug-likeness (QED) is 0.565. The van der Waals surface area contributed by atoms with E-state index < -0.39 is 15.9 Å². The topological polar surface area (TPSA) is 78.8 Å². The molecule has 2 aromatic carbocycles. The van der Waals surface area contributed by atoms with Crippen LogP contribution in [0.5, 0.6) is 0 Å². The van der Waals surface area contributed by atoms with E-state index >= 15 is 0 Å². The third-order valence-electron chi connectivity index (χ3n) is 3.94. The van der Waals surface area contributed by atoms with Gasteiger partial charge in [-0.15, -0.1) is 0 Å². The fourth-order valence-corrected chi connectivity index (χ4v) is 3.51. The molecule has 1 N–H and O–H groups in total. The largest absolute Gasteiger partial charge is 0.271 e. The number of rotatable bonds is 7. The number of hydrogen-bond donors (Lipinski definition) is 1. The Kier molecular flexibility index (Phi) is 6.98. The van der Waals surface area contributed by atoms with Crippen LogP contribution in [0, 0.1) is 0 Å². The van der Waals surface area contributed by atoms with Gasteiger partial charge in [-0.05, 0) is 42.7 Å². The van der Waals surface area contributed by atoms with Gasteiger partial charge in [-0.2, -0.15) is 5.10 Å². The molecule has 0 aliphatic carbocycles. The number of sulfonamides is 1. The van der Waals surface area contributed by atoms with Crippen LogP contribution in [0.3, 0.4) is 0 Å². The molecule has 27 heavy (non-hydrogen) atoms. The van der Waals surface area contributed by atoms with Crippen molar-refractivity contribution in [2.75, 3.05) is 17.1 Å². The molecule has 0 unspecified atom stereocenters. The van der Waals surface area contributed by atoms with E-state index in [1.807, 2.05) is 19.1 Å². The smallest absolute Gasteiger partial charge is 0.260 e. The van der Waals surface area contributed by atoms with Crippen LogP contribution in [0.1, 0.15) is 25.0 Å². The number of benzene rings is 2. The lowest BCUT2D eigenvalue weighted by atomic mass is 10.1. The highest BCUT2D eigenvalue weighted by molar-refractivity contribution is 7.92. The lowest BCUT2D eigenvalue weighted by Crippen LogP contribution is -2.39. The fraction of sp³-hybridized carbons (Fsp3) is 0.263. The molecule has 2 aromatic rings. The summed E-state index contributed by atoms with van der Waals surface area (Å²) in [6, 6.07) is 14.1. The number of halogens is 1. The normalized spacial score (nSPS) is 11.9. The summed E-state index contributed by atoms with van der Waals surface area (Å²) in [5.74, 6) is -0.528. The summed E-state index contributed by atoms with van der Waals surface area (Å²) < 4.78 is 25.5. The highest BCUT2D eigenvalue weighted by Gasteiger charge is 2.22. The molecule has 0 saturated heterocycles. The van der Waals surface area contributed by atoms with E-state index in [0.717, 1.165) is 21.7 Å². The zero-order valence-electron chi connectivity index (χ0n) is 15.4. The Bertz CT molecular complexity index is 941. The van der Waals surface area contributed by atoms with Crippen molar-refractivity contribution in [2.45, 2.75) is 20.3 Å². The number of carbonyl (C=O) groups is 1. The van der Waals surface area contributed by atoms with Gasteiger partial charge < -0.3 is 0 Å². The maximum Gasteiger partial charge on any atom is 0.260 e. The Hall–Kier alpha value is -2.38. The second-order valence-corrected chi connectivity index (χ2v) is 8.33. The predicted octanol–water partition coefficient (Wildman–Crippen LogP) is 3.21. The molecule has 144 valence electrons. The Morgan fingerprint density at radius 1 is 1.15 bits per heavy atom. The van der Waals surface area contributed by atoms with Crippen LogP contribution in [0.25, 0.3) is 0 Å². The van der Waals surface area contributed by atoms with Crippen LogP contribution in [0.4, 0.5) is 5.69 Å². The molecular weight excluding hydrogens is 386 g/mol. The number of aryl methyl sites for hydroxylation is 1. The van der Waals surface area contributed by atoms with E-state index in [0.29, 0.717) is 22.8 Å². The fourth-order valence-electron chi connectivity index (χ4n) is 2.50. The Balaban J connectivity index is 2.17. The van der Waals surface area contributed by atoms with Gasteiger partial charge in [0.25, 0.3) is 5.91 Å². The number of anilines is 1. The molecule has 2 rings (SSSR count). The number of nitrogens with zero attached hydrogens (tertiary/aromatic N) is 2. The third-order valence-corrected chi connectivity index (χ3v) is 5.32. The van der Waals surface area contributed by atoms with Gasteiger partial charge >= 0.3 is 0 Å². The number of amides is 1. The van der Waals surface area contributed by atoms with Crippen molar-refractivity contribution in [3.05, 3.63) is 64.7 Å². The molecule has 0 saturated carbocycles. The molecule has 0 aromatic heterocycles. The van der Waals surface area contributed by atoms with Crippen molar-refractivity contribution >= 4 is 38.9 Å². The molecule has 8 heteroatoms. The van der Waals surface area contributed by atoms with Gasteiger partial charge in [0.05, 0.1) is 17.7 Å². The van der Waals surface area contributed by atoms with Gasteiger partial charge in [-0.25, -0.2) is 13.8 Å². The van der Waals surface area contributed by atoms with Crippen molar-refractivity contribution in [1.29, 1.82) is 0 Å². The van der Waals surface area contributed by atoms with Crippen LogP contribution in [-0.4, -0.2) is 32.8 Å². The minimum absolute atomic E-state index is 0.354. The van der Waals surface area contributed by atoms with Crippen LogP contribution < -0.4 is 9.73 Å². The molecule has 0 heterocycles. The highest BCUT2D eigenvalue weighted by atomic mass is 35.5. The van der Waals surface area contributed by atoms with E-state index in [-0.39, 0.29) is 6.54 Å². The lowest BCUT2D eigenvalue weighted by Gasteiger charge is -2.23. The van der Waals surface area contributed by atoms with E-state index in [1.54, 1.807) is 43.3 Å². The highest BCUT2D eigenvalue weighted by Crippen LogP contribution is 2.23. The van der Waals surface area contributed by atoms with Crippen molar-refractivity contribution < 1.29 is 13.2 Å². The summed E-state index contributed by atoms with van der Waals surface area (Å²) in [6.07, 6.45) is 1.73. The summed E-state index contributed by atoms with van der Waals surface area (Å²) >= 11 is 5.85. The van der Waals surface area contributed by atoms with Crippen LogP contribution in [-0.2, 0) is 21.2 Å². The van der Waals surface area contributed by atoms with Crippen LogP contribution in [0.2, 0.25) is 5.02 Å². The van der Waals surface area contributed by atoms with E-state index in [2.05, 4.69) is 10.5 Å². The van der Waals surface area contributed by atoms with Gasteiger partial charge in [-0.3, -0.25) is 9.10 Å². The zero-order chi connectivity index (χ0) is 20.0. The summed E-state index contributed by atoms with van der Waals surface area (Å²) in [4.78, 5) is 12.3. The first-order chi connectivity index (χ1) is 12.7. The van der Waals surface area contributed by atoms with Gasteiger partial charge in [0.15, 0.2) is 0 Å². The number of hydrogen-bond acceptors (Lipinski definition) is 4. The number of hydrazone groups is 1. The second-order valence-electron chi connectivity index (χ2n) is 5.99. The van der Waals surface area contributed by atoms with Crippen LogP contribution >= 0.6 is 11.6 Å². The minimum Gasteiger partial charge on any atom is -0.271 e. The van der Waals surface area contributed by atoms with Gasteiger partial charge in [-0.1, -0.05) is 48.9 Å². The second kappa shape index (κ2) is 9.01. The summed E-state index contributed by atoms with van der Waals surface area (Å²) in [5.41, 5.74) is 5.14. The summed E-state index contributed by atoms with van der Waals surface area (Å²) in [6.45, 7) is 3.32. The minimum atomic E-state index is -3.63. The van der Waals surface area contributed by atoms with Crippen molar-refractivity contribution in [3.63, 3.8) is 0 Å². The molecule has 0 aliphatic heterocycles. The lowest BCUT2D eigenvalue weighted by molar-refractivity contribution is -0.119. The maximum atomic E-state index is 12.3. The SMILES string of the molecule is CCc1ccccc1N(CC(=O)N/N=C(/C)c1ccc(Cl)cc1)S(C)(=O)=O. The molecule has 1 amide bonds. The molecule has 0 bridgehead atoms. The number of para-hydroxylation sites is 1. The molecule has 0 radical (unpaired) electrons. The van der Waals surface area contributed by atoms with Crippen molar-refractivity contribution in [3.8, 4) is 0 Å². The number of carbonyl (C=O) groups excluding carboxylic acids is 1. The Labute approximate surface area is 164 Å². The standard InChI is InChI=1S/C19H22ClN3O3S/c1-4-15-7-5-6-8-18(15)23(27(3,25)26)13-19(24)22-21-14(2)16-9-11-17(20)12-10-16/h5-12H,4,13H2,1-3H3,(H,22,24)/b21-14-. The third kappa shape index (κ3) is 5.80. The van der Waals surface area contributed by atoms with Crippen molar-refractivity contribution in [2.24, 2.45) is 5.10 Å². The van der Waals surface area contributed by atoms with E-state index in [1.165, 1.54) is 0 Å². The maximum absolute atomic E-state index is 12.3. The Morgan fingerprint density at radius 3 is 2.37 bits per heavy atom. The first-order valence-electron chi connectivity index (χ1n) is 8.37. The average Bonchev–Trinajstić information content (AvgIpc) is 2.63.